The van der Waals surface area contributed by atoms with E-state index in [9.17, 15) is 18.0 Å². The van der Waals surface area contributed by atoms with Crippen molar-refractivity contribution in [1.29, 1.82) is 0 Å². The molecule has 39 heavy (non-hydrogen) atoms. The highest BCUT2D eigenvalue weighted by Gasteiger charge is 2.47. The highest BCUT2D eigenvalue weighted by atomic mass is 19.2. The maximum Gasteiger partial charge on any atom is 0.415 e. The normalized spacial score (nSPS) is 17.8. The Hall–Kier alpha value is -3.94. The first-order valence-corrected chi connectivity index (χ1v) is 12.9. The Morgan fingerprint density at radius 1 is 0.846 bits per heavy atom. The van der Waals surface area contributed by atoms with Crippen LogP contribution in [0.2, 0.25) is 0 Å². The molecule has 3 aromatic rings. The average molecular weight is 537 g/mol. The molecule has 0 bridgehead atoms. The van der Waals surface area contributed by atoms with Gasteiger partial charge in [0, 0.05) is 49.8 Å². The fourth-order valence-corrected chi connectivity index (χ4v) is 5.84. The molecular weight excluding hydrogens is 509 g/mol. The maximum atomic E-state index is 14.8. The van der Waals surface area contributed by atoms with E-state index in [1.54, 1.807) is 4.90 Å². The maximum absolute atomic E-state index is 14.8. The second-order valence-electron chi connectivity index (χ2n) is 10.2. The van der Waals surface area contributed by atoms with Crippen molar-refractivity contribution >= 4 is 17.9 Å². The molecular formula is C30H27F3N2O4. The van der Waals surface area contributed by atoms with Crippen LogP contribution in [0.15, 0.2) is 54.6 Å². The second kappa shape index (κ2) is 11.0. The predicted octanol–water partition coefficient (Wildman–Crippen LogP) is 5.67. The number of halogens is 3. The van der Waals surface area contributed by atoms with Gasteiger partial charge in [0.25, 0.3) is 0 Å². The first-order valence-electron chi connectivity index (χ1n) is 12.9. The first-order chi connectivity index (χ1) is 18.8. The van der Waals surface area contributed by atoms with Gasteiger partial charge < -0.3 is 4.74 Å². The minimum Gasteiger partial charge on any atom is -0.441 e. The molecule has 0 N–H and O–H groups in total. The molecule has 2 saturated heterocycles. The van der Waals surface area contributed by atoms with Crippen molar-refractivity contribution in [1.82, 2.24) is 4.90 Å². The van der Waals surface area contributed by atoms with E-state index in [4.69, 9.17) is 14.3 Å². The van der Waals surface area contributed by atoms with E-state index in [2.05, 4.69) is 11.0 Å². The summed E-state index contributed by atoms with van der Waals surface area (Å²) in [5.74, 6) is -3.00. The number of nitrogens with zero attached hydrogens (tertiary/aromatic N) is 2. The lowest BCUT2D eigenvalue weighted by Crippen LogP contribution is -2.46. The highest BCUT2D eigenvalue weighted by Crippen LogP contribution is 2.38. The lowest BCUT2D eigenvalue weighted by Gasteiger charge is -2.37. The van der Waals surface area contributed by atoms with Gasteiger partial charge >= 0.3 is 12.2 Å². The van der Waals surface area contributed by atoms with E-state index in [0.29, 0.717) is 50.7 Å². The number of benzene rings is 3. The molecule has 6 nitrogen and oxygen atoms in total. The molecule has 2 aliphatic heterocycles. The lowest BCUT2D eigenvalue weighted by atomic mass is 9.89. The summed E-state index contributed by atoms with van der Waals surface area (Å²) in [6, 6.07) is 15.2. The zero-order chi connectivity index (χ0) is 27.6. The van der Waals surface area contributed by atoms with Gasteiger partial charge in [-0.25, -0.2) is 18.0 Å². The molecule has 1 spiro atoms. The summed E-state index contributed by atoms with van der Waals surface area (Å²) in [5.41, 5.74) is 4.33. The van der Waals surface area contributed by atoms with Gasteiger partial charge in [-0.2, -0.15) is 9.59 Å². The number of fused-ring (bicyclic) bond motifs is 1. The van der Waals surface area contributed by atoms with Gasteiger partial charge in [-0.1, -0.05) is 30.3 Å². The largest absolute Gasteiger partial charge is 0.441 e. The van der Waals surface area contributed by atoms with Crippen molar-refractivity contribution in [2.75, 3.05) is 24.5 Å². The number of rotatable bonds is 4. The van der Waals surface area contributed by atoms with E-state index in [1.807, 2.05) is 36.4 Å². The minimum atomic E-state index is -1.18. The number of likely N-dealkylation sites (tertiary alicyclic amines) is 1. The van der Waals surface area contributed by atoms with E-state index in [-0.39, 0.29) is 17.8 Å². The fourth-order valence-electron chi connectivity index (χ4n) is 5.84. The van der Waals surface area contributed by atoms with Crippen molar-refractivity contribution in [3.63, 3.8) is 0 Å². The summed E-state index contributed by atoms with van der Waals surface area (Å²) in [7, 11) is 0. The topological polar surface area (TPSA) is 66.9 Å². The van der Waals surface area contributed by atoms with Crippen LogP contribution in [-0.4, -0.2) is 42.4 Å². The van der Waals surface area contributed by atoms with Crippen LogP contribution in [0.4, 0.5) is 23.7 Å². The lowest BCUT2D eigenvalue weighted by molar-refractivity contribution is -0.191. The third kappa shape index (κ3) is 5.46. The predicted molar refractivity (Wildman–Crippen MR) is 136 cm³/mol. The van der Waals surface area contributed by atoms with Crippen molar-refractivity contribution in [2.24, 2.45) is 0 Å². The number of anilines is 1. The van der Waals surface area contributed by atoms with Crippen LogP contribution < -0.4 is 4.90 Å². The summed E-state index contributed by atoms with van der Waals surface area (Å²) < 4.78 is 48.3. The number of para-hydroxylation sites is 1. The molecule has 1 aliphatic carbocycles. The number of hydrogen-bond acceptors (Lipinski definition) is 5. The number of hydrogen-bond donors (Lipinski definition) is 0. The van der Waals surface area contributed by atoms with Crippen LogP contribution in [0, 0.1) is 17.5 Å². The number of piperidine rings is 1. The van der Waals surface area contributed by atoms with Gasteiger partial charge in [0.05, 0.1) is 6.54 Å². The molecule has 2 heterocycles. The number of ether oxygens (including phenoxy) is 1. The van der Waals surface area contributed by atoms with Crippen LogP contribution in [0.5, 0.6) is 0 Å². The van der Waals surface area contributed by atoms with E-state index >= 15 is 0 Å². The molecule has 202 valence electrons. The van der Waals surface area contributed by atoms with Crippen LogP contribution in [0.3, 0.4) is 0 Å². The Bertz CT molecular complexity index is 1420. The smallest absolute Gasteiger partial charge is 0.415 e. The van der Waals surface area contributed by atoms with Crippen LogP contribution >= 0.6 is 0 Å². The third-order valence-electron chi connectivity index (χ3n) is 7.82. The van der Waals surface area contributed by atoms with Gasteiger partial charge in [-0.15, -0.1) is 0 Å². The Morgan fingerprint density at radius 3 is 2.18 bits per heavy atom. The molecule has 2 fully saturated rings. The first kappa shape index (κ1) is 26.7. The van der Waals surface area contributed by atoms with Crippen LogP contribution in [0.25, 0.3) is 11.1 Å². The summed E-state index contributed by atoms with van der Waals surface area (Å²) in [5, 5.41) is 0. The fraction of sp³-hybridized carbons (Fsp3) is 0.333. The highest BCUT2D eigenvalue weighted by molar-refractivity contribution is 5.90. The molecule has 0 saturated carbocycles. The molecule has 0 radical (unpaired) electrons. The Labute approximate surface area is 224 Å². The number of carbonyl (C=O) groups is 1. The van der Waals surface area contributed by atoms with Gasteiger partial charge in [0.1, 0.15) is 11.4 Å². The Kier molecular flexibility index (Phi) is 7.55. The standard InChI is InChI=1S/C29H27F3N2O2.CO2/c30-25-16-27(32)26(31)15-24(25)23-14-20-6-4-5-19(20)13-21(23)17-33-11-9-29(10-12-33)18-34(28(35)36-29)22-7-2-1-3-8-22;2-1-3/h1-3,7-8,13-16H,4-6,9-12,17-18H2;. The second-order valence-corrected chi connectivity index (χ2v) is 10.2. The van der Waals surface area contributed by atoms with E-state index in [1.165, 1.54) is 5.56 Å². The summed E-state index contributed by atoms with van der Waals surface area (Å²) in [6.45, 7) is 2.51. The minimum absolute atomic E-state index is 0.0929. The SMILES string of the molecule is O=C1OC2(CCN(Cc3cc4c(cc3-c3cc(F)c(F)cc3F)CCC4)CC2)CN1c1ccccc1.O=C=O. The zero-order valence-electron chi connectivity index (χ0n) is 21.2. The molecule has 1 amide bonds. The van der Waals surface area contributed by atoms with Crippen LogP contribution in [-0.2, 0) is 33.7 Å². The molecule has 3 aromatic carbocycles. The molecule has 0 unspecified atom stereocenters. The molecule has 0 aromatic heterocycles. The quantitative estimate of drug-likeness (QED) is 0.402. The molecule has 0 atom stereocenters. The van der Waals surface area contributed by atoms with Crippen LogP contribution in [0.1, 0.15) is 36.0 Å². The molecule has 3 aliphatic rings. The molecule has 6 rings (SSSR count). The number of aryl methyl sites for hydroxylation is 2. The average Bonchev–Trinajstić information content (AvgIpc) is 3.52. The van der Waals surface area contributed by atoms with E-state index < -0.39 is 23.1 Å². The summed E-state index contributed by atoms with van der Waals surface area (Å²) in [6.07, 6.45) is 4.24. The van der Waals surface area contributed by atoms with Crippen molar-refractivity contribution in [3.05, 3.63) is 88.7 Å². The monoisotopic (exact) mass is 536 g/mol. The van der Waals surface area contributed by atoms with Gasteiger partial charge in [-0.3, -0.25) is 9.80 Å². The van der Waals surface area contributed by atoms with Crippen molar-refractivity contribution < 1.29 is 32.3 Å². The van der Waals surface area contributed by atoms with Crippen molar-refractivity contribution in [2.45, 2.75) is 44.2 Å². The summed E-state index contributed by atoms with van der Waals surface area (Å²) in [4.78, 5) is 32.8. The van der Waals surface area contributed by atoms with Gasteiger partial charge in [0.2, 0.25) is 0 Å². The number of carbonyl (C=O) groups excluding carboxylic acids is 3. The summed E-state index contributed by atoms with van der Waals surface area (Å²) >= 11 is 0. The Morgan fingerprint density at radius 2 is 1.49 bits per heavy atom. The van der Waals surface area contributed by atoms with Gasteiger partial charge in [-0.05, 0) is 59.7 Å². The zero-order valence-corrected chi connectivity index (χ0v) is 21.2. The Balaban J connectivity index is 0.000000983. The van der Waals surface area contributed by atoms with Gasteiger partial charge in [0.15, 0.2) is 11.6 Å². The van der Waals surface area contributed by atoms with Crippen molar-refractivity contribution in [3.8, 4) is 11.1 Å². The van der Waals surface area contributed by atoms with E-state index in [0.717, 1.165) is 42.1 Å². The molecule has 9 heteroatoms. The number of amides is 1. The third-order valence-corrected chi connectivity index (χ3v) is 7.82.